The topological polar surface area (TPSA) is 153 Å². The Morgan fingerprint density at radius 1 is 1.30 bits per heavy atom. The zero-order valence-corrected chi connectivity index (χ0v) is 10.2. The molecular weight excluding hydrogens is 262 g/mol. The number of fused-ring (bicyclic) bond motifs is 1. The molecule has 3 rings (SSSR count). The van der Waals surface area contributed by atoms with Crippen LogP contribution in [-0.4, -0.2) is 37.8 Å². The second-order valence-electron chi connectivity index (χ2n) is 3.76. The lowest BCUT2D eigenvalue weighted by atomic mass is 10.0. The summed E-state index contributed by atoms with van der Waals surface area (Å²) in [6, 6.07) is 0. The number of carbonyl (C=O) groups excluding carboxylic acids is 2. The lowest BCUT2D eigenvalue weighted by molar-refractivity contribution is -0.126. The standard InChI is InChI=1S/C6H6N2O2.C5H5N5/c7-6(10)4-3-8-2-1-5(4)9;6-4-3-5(9-1-7-3)10-2-8-4/h1-4H,(H2,7,10);1-2H,(H3,6,7,8,9,10). The highest BCUT2D eigenvalue weighted by molar-refractivity contribution is 6.18. The molecule has 0 radical (unpaired) electrons. The fraction of sp³-hybridized carbons (Fsp3) is 0.0909. The van der Waals surface area contributed by atoms with Crippen LogP contribution in [-0.2, 0) is 9.59 Å². The number of rotatable bonds is 1. The lowest BCUT2D eigenvalue weighted by Crippen LogP contribution is -2.31. The van der Waals surface area contributed by atoms with Crippen LogP contribution in [0.25, 0.3) is 11.2 Å². The van der Waals surface area contributed by atoms with Gasteiger partial charge in [-0.2, -0.15) is 0 Å². The Balaban J connectivity index is 0.000000147. The molecule has 0 aliphatic carbocycles. The summed E-state index contributed by atoms with van der Waals surface area (Å²) in [4.78, 5) is 39.2. The number of nitrogens with one attached hydrogen (secondary N) is 1. The van der Waals surface area contributed by atoms with E-state index in [1.54, 1.807) is 0 Å². The number of aliphatic imine (C=N–C) groups is 1. The molecule has 1 atom stereocenters. The Kier molecular flexibility index (Phi) is 3.80. The van der Waals surface area contributed by atoms with Crippen LogP contribution in [0.15, 0.2) is 29.9 Å². The third kappa shape index (κ3) is 2.83. The van der Waals surface area contributed by atoms with Crippen molar-refractivity contribution in [2.24, 2.45) is 16.6 Å². The van der Waals surface area contributed by atoms with E-state index < -0.39 is 11.8 Å². The number of hydrogen-bond donors (Lipinski definition) is 3. The van der Waals surface area contributed by atoms with Gasteiger partial charge < -0.3 is 16.5 Å². The summed E-state index contributed by atoms with van der Waals surface area (Å²) in [5.41, 5.74) is 11.7. The predicted octanol–water partition coefficient (Wildman–Crippen LogP) is -0.810. The Bertz CT molecular complexity index is 704. The average molecular weight is 273 g/mol. The van der Waals surface area contributed by atoms with E-state index in [-0.39, 0.29) is 5.78 Å². The summed E-state index contributed by atoms with van der Waals surface area (Å²) in [5, 5.41) is 0. The number of hydrogen-bond acceptors (Lipinski definition) is 7. The van der Waals surface area contributed by atoms with E-state index in [1.807, 2.05) is 0 Å². The number of amides is 1. The minimum Gasteiger partial charge on any atom is -0.382 e. The molecule has 2 aromatic heterocycles. The molecule has 5 N–H and O–H groups in total. The van der Waals surface area contributed by atoms with Crippen LogP contribution in [0.2, 0.25) is 0 Å². The molecule has 9 heteroatoms. The summed E-state index contributed by atoms with van der Waals surface area (Å²) < 4.78 is 0. The van der Waals surface area contributed by atoms with Gasteiger partial charge in [0, 0.05) is 18.5 Å². The number of aromatic amines is 1. The van der Waals surface area contributed by atoms with Gasteiger partial charge in [-0.05, 0) is 0 Å². The van der Waals surface area contributed by atoms with Gasteiger partial charge in [0.05, 0.1) is 6.33 Å². The SMILES string of the molecule is NC(=O)C1C=NC=CC1=O.Nc1ncnc2nc[nH]c12. The molecule has 0 saturated carbocycles. The van der Waals surface area contributed by atoms with Crippen LogP contribution in [0.5, 0.6) is 0 Å². The number of nitrogen functional groups attached to an aromatic ring is 1. The van der Waals surface area contributed by atoms with Gasteiger partial charge in [-0.3, -0.25) is 14.6 Å². The number of imidazole rings is 1. The van der Waals surface area contributed by atoms with Crippen LogP contribution in [0, 0.1) is 5.92 Å². The molecule has 3 heterocycles. The van der Waals surface area contributed by atoms with Gasteiger partial charge in [0.15, 0.2) is 17.2 Å². The lowest BCUT2D eigenvalue weighted by Gasteiger charge is -2.04. The van der Waals surface area contributed by atoms with Gasteiger partial charge in [0.25, 0.3) is 0 Å². The maximum absolute atomic E-state index is 10.8. The average Bonchev–Trinajstić information content (AvgIpc) is 2.89. The number of nitrogens with two attached hydrogens (primary N) is 2. The summed E-state index contributed by atoms with van der Waals surface area (Å²) >= 11 is 0. The Labute approximate surface area is 112 Å². The van der Waals surface area contributed by atoms with E-state index in [0.29, 0.717) is 17.0 Å². The molecule has 1 unspecified atom stereocenters. The highest BCUT2D eigenvalue weighted by atomic mass is 16.2. The highest BCUT2D eigenvalue weighted by Crippen LogP contribution is 2.09. The number of nitrogens with zero attached hydrogens (tertiary/aromatic N) is 4. The molecule has 0 spiro atoms. The predicted molar refractivity (Wildman–Crippen MR) is 71.4 cm³/mol. The molecule has 1 aliphatic heterocycles. The quantitative estimate of drug-likeness (QED) is 0.577. The second kappa shape index (κ2) is 5.69. The van der Waals surface area contributed by atoms with Crippen LogP contribution in [0.1, 0.15) is 0 Å². The largest absolute Gasteiger partial charge is 0.382 e. The third-order valence-corrected chi connectivity index (χ3v) is 2.43. The molecular formula is C11H11N7O2. The van der Waals surface area contributed by atoms with Crippen LogP contribution < -0.4 is 11.5 Å². The summed E-state index contributed by atoms with van der Waals surface area (Å²) in [5.74, 6) is -1.38. The van der Waals surface area contributed by atoms with Crippen LogP contribution >= 0.6 is 0 Å². The number of primary amides is 1. The first-order valence-electron chi connectivity index (χ1n) is 5.52. The summed E-state index contributed by atoms with van der Waals surface area (Å²) in [7, 11) is 0. The minimum absolute atomic E-state index is 0.303. The van der Waals surface area contributed by atoms with Gasteiger partial charge in [-0.25, -0.2) is 15.0 Å². The molecule has 0 aromatic carbocycles. The minimum atomic E-state index is -0.856. The number of anilines is 1. The van der Waals surface area contributed by atoms with E-state index in [9.17, 15) is 9.59 Å². The van der Waals surface area contributed by atoms with E-state index in [1.165, 1.54) is 31.1 Å². The van der Waals surface area contributed by atoms with Gasteiger partial charge in [-0.15, -0.1) is 0 Å². The number of carbonyl (C=O) groups is 2. The van der Waals surface area contributed by atoms with Crippen molar-refractivity contribution in [3.8, 4) is 0 Å². The second-order valence-corrected chi connectivity index (χ2v) is 3.76. The molecule has 0 saturated heterocycles. The Morgan fingerprint density at radius 3 is 2.70 bits per heavy atom. The van der Waals surface area contributed by atoms with E-state index >= 15 is 0 Å². The van der Waals surface area contributed by atoms with E-state index in [2.05, 4.69) is 24.9 Å². The van der Waals surface area contributed by atoms with Crippen molar-refractivity contribution >= 4 is 34.9 Å². The van der Waals surface area contributed by atoms with Crippen molar-refractivity contribution in [1.29, 1.82) is 0 Å². The molecule has 9 nitrogen and oxygen atoms in total. The van der Waals surface area contributed by atoms with Gasteiger partial charge >= 0.3 is 0 Å². The number of ketones is 1. The summed E-state index contributed by atoms with van der Waals surface area (Å²) in [6.45, 7) is 0. The zero-order chi connectivity index (χ0) is 14.5. The summed E-state index contributed by atoms with van der Waals surface area (Å²) in [6.07, 6.45) is 6.73. The number of allylic oxidation sites excluding steroid dienone is 1. The maximum atomic E-state index is 10.8. The third-order valence-electron chi connectivity index (χ3n) is 2.43. The van der Waals surface area contributed by atoms with Gasteiger partial charge in [0.2, 0.25) is 5.91 Å². The van der Waals surface area contributed by atoms with Crippen molar-refractivity contribution in [2.45, 2.75) is 0 Å². The van der Waals surface area contributed by atoms with Crippen molar-refractivity contribution in [3.05, 3.63) is 24.9 Å². The maximum Gasteiger partial charge on any atom is 0.233 e. The molecule has 1 amide bonds. The molecule has 102 valence electrons. The van der Waals surface area contributed by atoms with E-state index in [0.717, 1.165) is 0 Å². The first kappa shape index (κ1) is 13.3. The fourth-order valence-electron chi connectivity index (χ4n) is 1.43. The normalized spacial score (nSPS) is 16.8. The number of aromatic nitrogens is 4. The zero-order valence-electron chi connectivity index (χ0n) is 10.2. The van der Waals surface area contributed by atoms with Crippen LogP contribution in [0.4, 0.5) is 5.82 Å². The number of H-pyrrole nitrogens is 1. The smallest absolute Gasteiger partial charge is 0.233 e. The molecule has 1 aliphatic rings. The fourth-order valence-corrected chi connectivity index (χ4v) is 1.43. The van der Waals surface area contributed by atoms with Crippen molar-refractivity contribution in [2.75, 3.05) is 5.73 Å². The monoisotopic (exact) mass is 273 g/mol. The van der Waals surface area contributed by atoms with Crippen molar-refractivity contribution < 1.29 is 9.59 Å². The van der Waals surface area contributed by atoms with Gasteiger partial charge in [-0.1, -0.05) is 0 Å². The van der Waals surface area contributed by atoms with E-state index in [4.69, 9.17) is 11.5 Å². The highest BCUT2D eigenvalue weighted by Gasteiger charge is 2.21. The molecule has 0 fully saturated rings. The molecule has 2 aromatic rings. The molecule has 0 bridgehead atoms. The van der Waals surface area contributed by atoms with Crippen LogP contribution in [0.3, 0.4) is 0 Å². The van der Waals surface area contributed by atoms with Gasteiger partial charge in [0.1, 0.15) is 17.8 Å². The first-order chi connectivity index (χ1) is 9.59. The molecule has 20 heavy (non-hydrogen) atoms. The van der Waals surface area contributed by atoms with Crippen molar-refractivity contribution in [3.63, 3.8) is 0 Å². The Hall–Kier alpha value is -3.10. The van der Waals surface area contributed by atoms with Crippen molar-refractivity contribution in [1.82, 2.24) is 19.9 Å². The first-order valence-corrected chi connectivity index (χ1v) is 5.52. The Morgan fingerprint density at radius 2 is 2.10 bits per heavy atom.